The Labute approximate surface area is 125 Å². The number of anilines is 2. The molecule has 2 amide bonds. The molecule has 2 atom stereocenters. The van der Waals surface area contributed by atoms with Gasteiger partial charge >= 0.3 is 0 Å². The second-order valence-electron chi connectivity index (χ2n) is 6.03. The van der Waals surface area contributed by atoms with Crippen LogP contribution in [0.2, 0.25) is 0 Å². The number of benzene rings is 1. The lowest BCUT2D eigenvalue weighted by Gasteiger charge is -2.39. The highest BCUT2D eigenvalue weighted by molar-refractivity contribution is 6.08. The molecule has 0 aliphatic carbocycles. The van der Waals surface area contributed by atoms with E-state index in [1.165, 1.54) is 0 Å². The van der Waals surface area contributed by atoms with Gasteiger partial charge in [0.2, 0.25) is 5.91 Å². The maximum Gasteiger partial charge on any atom is 0.250 e. The molecule has 1 fully saturated rings. The van der Waals surface area contributed by atoms with E-state index in [9.17, 15) is 9.59 Å². The van der Waals surface area contributed by atoms with Crippen molar-refractivity contribution in [3.8, 4) is 0 Å². The van der Waals surface area contributed by atoms with Crippen molar-refractivity contribution in [2.24, 2.45) is 5.92 Å². The van der Waals surface area contributed by atoms with Gasteiger partial charge in [-0.05, 0) is 31.0 Å². The summed E-state index contributed by atoms with van der Waals surface area (Å²) in [7, 11) is 3.90. The highest BCUT2D eigenvalue weighted by Gasteiger charge is 2.40. The van der Waals surface area contributed by atoms with E-state index in [0.29, 0.717) is 0 Å². The monoisotopic (exact) mass is 289 g/mol. The van der Waals surface area contributed by atoms with E-state index in [-0.39, 0.29) is 17.7 Å². The Morgan fingerprint density at radius 1 is 1.24 bits per heavy atom. The van der Waals surface area contributed by atoms with Gasteiger partial charge in [-0.3, -0.25) is 14.5 Å². The first-order valence-electron chi connectivity index (χ1n) is 7.23. The molecule has 0 bridgehead atoms. The third kappa shape index (κ3) is 2.86. The summed E-state index contributed by atoms with van der Waals surface area (Å²) in [6.07, 6.45) is 0. The van der Waals surface area contributed by atoms with Crippen LogP contribution in [0.1, 0.15) is 20.8 Å². The molecule has 5 nitrogen and oxygen atoms in total. The van der Waals surface area contributed by atoms with Gasteiger partial charge in [0, 0.05) is 25.5 Å². The van der Waals surface area contributed by atoms with Crippen molar-refractivity contribution >= 4 is 23.2 Å². The molecule has 2 unspecified atom stereocenters. The molecule has 0 radical (unpaired) electrons. The fourth-order valence-electron chi connectivity index (χ4n) is 2.52. The number of hydrogen-bond acceptors (Lipinski definition) is 3. The van der Waals surface area contributed by atoms with Crippen LogP contribution in [0.4, 0.5) is 11.4 Å². The normalized spacial score (nSPS) is 22.5. The lowest BCUT2D eigenvalue weighted by atomic mass is 9.97. The summed E-state index contributed by atoms with van der Waals surface area (Å²) in [5, 5.41) is 2.81. The smallest absolute Gasteiger partial charge is 0.250 e. The fourth-order valence-corrected chi connectivity index (χ4v) is 2.52. The van der Waals surface area contributed by atoms with Crippen LogP contribution in [0.15, 0.2) is 24.3 Å². The molecule has 0 saturated carbocycles. The standard InChI is InChI=1S/C16H23N3O2/c1-10(2)14-16(21)19(11(3)15(20)17-14)13-8-6-7-12(9-13)18(4)5/h6-11,14H,1-5H3,(H,17,20). The summed E-state index contributed by atoms with van der Waals surface area (Å²) in [6, 6.07) is 6.73. The molecule has 5 heteroatoms. The van der Waals surface area contributed by atoms with Crippen molar-refractivity contribution in [3.05, 3.63) is 24.3 Å². The summed E-state index contributed by atoms with van der Waals surface area (Å²) in [5.74, 6) is -0.0926. The van der Waals surface area contributed by atoms with Gasteiger partial charge in [-0.1, -0.05) is 19.9 Å². The molecule has 1 N–H and O–H groups in total. The molecule has 0 aromatic heterocycles. The minimum Gasteiger partial charge on any atom is -0.378 e. The van der Waals surface area contributed by atoms with Crippen LogP contribution in [-0.2, 0) is 9.59 Å². The predicted octanol–water partition coefficient (Wildman–Crippen LogP) is 1.63. The maximum absolute atomic E-state index is 12.7. The Bertz CT molecular complexity index is 554. The lowest BCUT2D eigenvalue weighted by Crippen LogP contribution is -2.64. The Morgan fingerprint density at radius 3 is 2.48 bits per heavy atom. The molecule has 1 saturated heterocycles. The third-order valence-electron chi connectivity index (χ3n) is 3.86. The first kappa shape index (κ1) is 15.4. The molecule has 1 aliphatic heterocycles. The SMILES string of the molecule is CC(C)C1NC(=O)C(C)N(c2cccc(N(C)C)c2)C1=O. The second kappa shape index (κ2) is 5.76. The van der Waals surface area contributed by atoms with E-state index in [2.05, 4.69) is 5.32 Å². The first-order chi connectivity index (χ1) is 9.82. The number of amides is 2. The zero-order valence-corrected chi connectivity index (χ0v) is 13.3. The topological polar surface area (TPSA) is 52.7 Å². The summed E-state index contributed by atoms with van der Waals surface area (Å²) < 4.78 is 0. The molecule has 1 aliphatic rings. The first-order valence-corrected chi connectivity index (χ1v) is 7.23. The Kier molecular flexibility index (Phi) is 4.21. The van der Waals surface area contributed by atoms with Gasteiger partial charge in [0.05, 0.1) is 0 Å². The average Bonchev–Trinajstić information content (AvgIpc) is 2.43. The van der Waals surface area contributed by atoms with Crippen LogP contribution in [-0.4, -0.2) is 38.0 Å². The second-order valence-corrected chi connectivity index (χ2v) is 6.03. The van der Waals surface area contributed by atoms with Crippen LogP contribution >= 0.6 is 0 Å². The summed E-state index contributed by atoms with van der Waals surface area (Å²) >= 11 is 0. The van der Waals surface area contributed by atoms with Gasteiger partial charge in [-0.15, -0.1) is 0 Å². The van der Waals surface area contributed by atoms with Gasteiger partial charge in [0.15, 0.2) is 0 Å². The van der Waals surface area contributed by atoms with Crippen molar-refractivity contribution in [1.82, 2.24) is 5.32 Å². The van der Waals surface area contributed by atoms with Crippen molar-refractivity contribution in [3.63, 3.8) is 0 Å². The molecule has 21 heavy (non-hydrogen) atoms. The Morgan fingerprint density at radius 2 is 1.90 bits per heavy atom. The molecule has 1 aromatic carbocycles. The van der Waals surface area contributed by atoms with E-state index in [4.69, 9.17) is 0 Å². The van der Waals surface area contributed by atoms with Gasteiger partial charge in [0.25, 0.3) is 5.91 Å². The van der Waals surface area contributed by atoms with E-state index < -0.39 is 12.1 Å². The van der Waals surface area contributed by atoms with Crippen LogP contribution in [0.5, 0.6) is 0 Å². The van der Waals surface area contributed by atoms with Crippen molar-refractivity contribution in [2.45, 2.75) is 32.9 Å². The number of carbonyl (C=O) groups excluding carboxylic acids is 2. The van der Waals surface area contributed by atoms with E-state index in [1.807, 2.05) is 57.1 Å². The van der Waals surface area contributed by atoms with Gasteiger partial charge in [0.1, 0.15) is 12.1 Å². The Balaban J connectivity index is 2.41. The highest BCUT2D eigenvalue weighted by Crippen LogP contribution is 2.26. The highest BCUT2D eigenvalue weighted by atomic mass is 16.2. The van der Waals surface area contributed by atoms with Gasteiger partial charge in [-0.2, -0.15) is 0 Å². The van der Waals surface area contributed by atoms with Crippen molar-refractivity contribution in [2.75, 3.05) is 23.9 Å². The molecule has 114 valence electrons. The Hall–Kier alpha value is -2.04. The third-order valence-corrected chi connectivity index (χ3v) is 3.86. The van der Waals surface area contributed by atoms with Crippen LogP contribution < -0.4 is 15.1 Å². The number of rotatable bonds is 3. The summed E-state index contributed by atoms with van der Waals surface area (Å²) in [6.45, 7) is 5.63. The molecule has 1 heterocycles. The summed E-state index contributed by atoms with van der Waals surface area (Å²) in [5.41, 5.74) is 1.76. The maximum atomic E-state index is 12.7. The molecule has 2 rings (SSSR count). The molecular formula is C16H23N3O2. The van der Waals surface area contributed by atoms with Crippen LogP contribution in [0.25, 0.3) is 0 Å². The van der Waals surface area contributed by atoms with Crippen LogP contribution in [0, 0.1) is 5.92 Å². The molecule has 0 spiro atoms. The number of hydrogen-bond donors (Lipinski definition) is 1. The predicted molar refractivity (Wildman–Crippen MR) is 84.5 cm³/mol. The summed E-state index contributed by atoms with van der Waals surface area (Å²) in [4.78, 5) is 28.4. The number of piperazine rings is 1. The number of nitrogens with one attached hydrogen (secondary N) is 1. The average molecular weight is 289 g/mol. The zero-order valence-electron chi connectivity index (χ0n) is 13.3. The van der Waals surface area contributed by atoms with E-state index >= 15 is 0 Å². The molecular weight excluding hydrogens is 266 g/mol. The molecule has 1 aromatic rings. The lowest BCUT2D eigenvalue weighted by molar-refractivity contribution is -0.134. The van der Waals surface area contributed by atoms with Gasteiger partial charge < -0.3 is 10.2 Å². The van der Waals surface area contributed by atoms with E-state index in [1.54, 1.807) is 11.8 Å². The number of nitrogens with zero attached hydrogens (tertiary/aromatic N) is 2. The largest absolute Gasteiger partial charge is 0.378 e. The van der Waals surface area contributed by atoms with E-state index in [0.717, 1.165) is 11.4 Å². The number of carbonyl (C=O) groups is 2. The fraction of sp³-hybridized carbons (Fsp3) is 0.500. The van der Waals surface area contributed by atoms with Crippen molar-refractivity contribution in [1.29, 1.82) is 0 Å². The van der Waals surface area contributed by atoms with Gasteiger partial charge in [-0.25, -0.2) is 0 Å². The quantitative estimate of drug-likeness (QED) is 0.920. The van der Waals surface area contributed by atoms with Crippen LogP contribution in [0.3, 0.4) is 0 Å². The zero-order chi connectivity index (χ0) is 15.7. The minimum atomic E-state index is -0.495. The minimum absolute atomic E-state index is 0.0481. The van der Waals surface area contributed by atoms with Crippen molar-refractivity contribution < 1.29 is 9.59 Å².